The van der Waals surface area contributed by atoms with Gasteiger partial charge in [0.2, 0.25) is 0 Å². The molecule has 1 aliphatic heterocycles. The van der Waals surface area contributed by atoms with Crippen LogP contribution in [0, 0.1) is 6.92 Å². The average molecular weight is 263 g/mol. The maximum atomic E-state index is 8.66. The largest absolute Gasteiger partial charge is 0.409 e. The zero-order valence-corrected chi connectivity index (χ0v) is 11.2. The number of oxime groups is 1. The van der Waals surface area contributed by atoms with Crippen molar-refractivity contribution in [3.05, 3.63) is 34.9 Å². The first-order chi connectivity index (χ1) is 9.20. The third-order valence-corrected chi connectivity index (χ3v) is 3.55. The number of hydrogen-bond acceptors (Lipinski definition) is 4. The van der Waals surface area contributed by atoms with Gasteiger partial charge in [-0.2, -0.15) is 0 Å². The van der Waals surface area contributed by atoms with Gasteiger partial charge in [-0.3, -0.25) is 0 Å². The number of nitrogens with zero attached hydrogens (tertiary/aromatic N) is 1. The molecule has 0 radical (unpaired) electrons. The molecule has 0 spiro atoms. The summed E-state index contributed by atoms with van der Waals surface area (Å²) in [5.41, 5.74) is 8.70. The number of benzene rings is 1. The lowest BCUT2D eigenvalue weighted by Crippen LogP contribution is -2.34. The molecule has 1 aromatic carbocycles. The summed E-state index contributed by atoms with van der Waals surface area (Å²) in [6, 6.07) is 6.38. The molecule has 0 saturated carbocycles. The number of amidine groups is 1. The minimum absolute atomic E-state index is 0.145. The van der Waals surface area contributed by atoms with Crippen molar-refractivity contribution in [1.82, 2.24) is 5.32 Å². The van der Waals surface area contributed by atoms with Crippen LogP contribution in [-0.2, 0) is 11.3 Å². The van der Waals surface area contributed by atoms with Crippen LogP contribution in [0.4, 0.5) is 0 Å². The smallest absolute Gasteiger partial charge is 0.170 e. The minimum Gasteiger partial charge on any atom is -0.409 e. The Morgan fingerprint density at radius 3 is 2.84 bits per heavy atom. The Hall–Kier alpha value is -1.59. The van der Waals surface area contributed by atoms with Gasteiger partial charge in [0.1, 0.15) is 0 Å². The summed E-state index contributed by atoms with van der Waals surface area (Å²) in [5, 5.41) is 15.2. The van der Waals surface area contributed by atoms with Crippen LogP contribution in [0.3, 0.4) is 0 Å². The van der Waals surface area contributed by atoms with Gasteiger partial charge in [0.05, 0.1) is 0 Å². The molecule has 1 saturated heterocycles. The highest BCUT2D eigenvalue weighted by Gasteiger charge is 2.13. The van der Waals surface area contributed by atoms with Gasteiger partial charge in [-0.15, -0.1) is 0 Å². The summed E-state index contributed by atoms with van der Waals surface area (Å²) >= 11 is 0. The first kappa shape index (κ1) is 13.8. The molecule has 1 heterocycles. The van der Waals surface area contributed by atoms with E-state index in [4.69, 9.17) is 15.7 Å². The fourth-order valence-electron chi connectivity index (χ4n) is 2.27. The SMILES string of the molecule is Cc1cc(/C(N)=N/O)ccc1CNC1CCOCC1. The Bertz CT molecular complexity index is 454. The zero-order valence-electron chi connectivity index (χ0n) is 11.2. The van der Waals surface area contributed by atoms with Gasteiger partial charge in [-0.1, -0.05) is 17.3 Å². The summed E-state index contributed by atoms with van der Waals surface area (Å²) in [4.78, 5) is 0. The normalized spacial score (nSPS) is 17.6. The van der Waals surface area contributed by atoms with Crippen LogP contribution >= 0.6 is 0 Å². The van der Waals surface area contributed by atoms with Gasteiger partial charge >= 0.3 is 0 Å². The Kier molecular flexibility index (Phi) is 4.76. The Morgan fingerprint density at radius 1 is 1.47 bits per heavy atom. The van der Waals surface area contributed by atoms with Gasteiger partial charge in [0.25, 0.3) is 0 Å². The van der Waals surface area contributed by atoms with Crippen molar-refractivity contribution in [3.8, 4) is 0 Å². The van der Waals surface area contributed by atoms with Crippen LogP contribution in [0.5, 0.6) is 0 Å². The fourth-order valence-corrected chi connectivity index (χ4v) is 2.27. The molecule has 0 amide bonds. The predicted octanol–water partition coefficient (Wildman–Crippen LogP) is 1.36. The van der Waals surface area contributed by atoms with E-state index in [1.165, 1.54) is 5.56 Å². The van der Waals surface area contributed by atoms with E-state index < -0.39 is 0 Å². The topological polar surface area (TPSA) is 79.9 Å². The van der Waals surface area contributed by atoms with E-state index >= 15 is 0 Å². The molecule has 0 aromatic heterocycles. The van der Waals surface area contributed by atoms with Crippen molar-refractivity contribution >= 4 is 5.84 Å². The molecule has 1 fully saturated rings. The maximum absolute atomic E-state index is 8.66. The third-order valence-electron chi connectivity index (χ3n) is 3.55. The Labute approximate surface area is 113 Å². The fraction of sp³-hybridized carbons (Fsp3) is 0.500. The van der Waals surface area contributed by atoms with Crippen LogP contribution in [0.2, 0.25) is 0 Å². The molecule has 104 valence electrons. The van der Waals surface area contributed by atoms with Crippen LogP contribution in [0.15, 0.2) is 23.4 Å². The van der Waals surface area contributed by atoms with Crippen molar-refractivity contribution in [2.75, 3.05) is 13.2 Å². The summed E-state index contributed by atoms with van der Waals surface area (Å²) < 4.78 is 5.34. The Morgan fingerprint density at radius 2 is 2.21 bits per heavy atom. The number of nitrogens with two attached hydrogens (primary N) is 1. The highest BCUT2D eigenvalue weighted by molar-refractivity contribution is 5.97. The lowest BCUT2D eigenvalue weighted by Gasteiger charge is -2.23. The van der Waals surface area contributed by atoms with E-state index in [9.17, 15) is 0 Å². The lowest BCUT2D eigenvalue weighted by atomic mass is 10.0. The molecule has 2 rings (SSSR count). The molecule has 1 aliphatic rings. The quantitative estimate of drug-likeness (QED) is 0.332. The second-order valence-electron chi connectivity index (χ2n) is 4.89. The standard InChI is InChI=1S/C14H21N3O2/c1-10-8-11(14(15)17-18)2-3-12(10)9-16-13-4-6-19-7-5-13/h2-3,8,13,16,18H,4-7,9H2,1H3,(H2,15,17). The first-order valence-electron chi connectivity index (χ1n) is 6.59. The lowest BCUT2D eigenvalue weighted by molar-refractivity contribution is 0.0776. The van der Waals surface area contributed by atoms with Crippen molar-refractivity contribution in [2.45, 2.75) is 32.4 Å². The summed E-state index contributed by atoms with van der Waals surface area (Å²) in [5.74, 6) is 0.145. The highest BCUT2D eigenvalue weighted by Crippen LogP contribution is 2.13. The highest BCUT2D eigenvalue weighted by atomic mass is 16.5. The molecule has 1 aromatic rings. The second-order valence-corrected chi connectivity index (χ2v) is 4.89. The van der Waals surface area contributed by atoms with Crippen LogP contribution in [0.25, 0.3) is 0 Å². The van der Waals surface area contributed by atoms with Crippen molar-refractivity contribution in [3.63, 3.8) is 0 Å². The van der Waals surface area contributed by atoms with Gasteiger partial charge in [-0.05, 0) is 37.0 Å². The summed E-state index contributed by atoms with van der Waals surface area (Å²) in [6.45, 7) is 4.57. The average Bonchev–Trinajstić information content (AvgIpc) is 2.46. The molecule has 0 aliphatic carbocycles. The molecule has 0 bridgehead atoms. The predicted molar refractivity (Wildman–Crippen MR) is 74.4 cm³/mol. The molecular weight excluding hydrogens is 242 g/mol. The Balaban J connectivity index is 1.97. The van der Waals surface area contributed by atoms with Crippen molar-refractivity contribution in [2.24, 2.45) is 10.9 Å². The molecule has 0 atom stereocenters. The summed E-state index contributed by atoms with van der Waals surface area (Å²) in [7, 11) is 0. The number of ether oxygens (including phenoxy) is 1. The molecule has 19 heavy (non-hydrogen) atoms. The van der Waals surface area contributed by atoms with Crippen LogP contribution in [-0.4, -0.2) is 30.3 Å². The van der Waals surface area contributed by atoms with E-state index in [2.05, 4.69) is 10.5 Å². The summed E-state index contributed by atoms with van der Waals surface area (Å²) in [6.07, 6.45) is 2.14. The van der Waals surface area contributed by atoms with Crippen LogP contribution in [0.1, 0.15) is 29.5 Å². The van der Waals surface area contributed by atoms with Gasteiger partial charge in [0, 0.05) is 31.4 Å². The van der Waals surface area contributed by atoms with Gasteiger partial charge in [-0.25, -0.2) is 0 Å². The van der Waals surface area contributed by atoms with Crippen LogP contribution < -0.4 is 11.1 Å². The van der Waals surface area contributed by atoms with Crippen molar-refractivity contribution < 1.29 is 9.94 Å². The van der Waals surface area contributed by atoms with E-state index in [1.54, 1.807) is 0 Å². The number of rotatable bonds is 4. The molecule has 5 heteroatoms. The van der Waals surface area contributed by atoms with E-state index in [0.717, 1.165) is 43.7 Å². The second kappa shape index (κ2) is 6.54. The van der Waals surface area contributed by atoms with E-state index in [0.29, 0.717) is 6.04 Å². The molecular formula is C14H21N3O2. The first-order valence-corrected chi connectivity index (χ1v) is 6.59. The van der Waals surface area contributed by atoms with Gasteiger partial charge < -0.3 is 21.0 Å². The molecule has 5 nitrogen and oxygen atoms in total. The number of nitrogens with one attached hydrogen (secondary N) is 1. The number of aryl methyl sites for hydroxylation is 1. The maximum Gasteiger partial charge on any atom is 0.170 e. The molecule has 4 N–H and O–H groups in total. The van der Waals surface area contributed by atoms with E-state index in [-0.39, 0.29) is 5.84 Å². The van der Waals surface area contributed by atoms with Gasteiger partial charge in [0.15, 0.2) is 5.84 Å². The van der Waals surface area contributed by atoms with Crippen molar-refractivity contribution in [1.29, 1.82) is 0 Å². The monoisotopic (exact) mass is 263 g/mol. The minimum atomic E-state index is 0.145. The number of hydrogen-bond donors (Lipinski definition) is 3. The third kappa shape index (κ3) is 3.68. The zero-order chi connectivity index (χ0) is 13.7. The van der Waals surface area contributed by atoms with E-state index in [1.807, 2.05) is 25.1 Å². The molecule has 0 unspecified atom stereocenters.